The van der Waals surface area contributed by atoms with Crippen molar-refractivity contribution in [1.82, 2.24) is 9.80 Å². The van der Waals surface area contributed by atoms with Crippen molar-refractivity contribution in [1.29, 1.82) is 0 Å². The van der Waals surface area contributed by atoms with E-state index in [1.54, 1.807) is 21.9 Å². The minimum Gasteiger partial charge on any atom is -0.389 e. The molecule has 3 unspecified atom stereocenters. The third kappa shape index (κ3) is 7.27. The van der Waals surface area contributed by atoms with Gasteiger partial charge in [-0.2, -0.15) is 0 Å². The summed E-state index contributed by atoms with van der Waals surface area (Å²) < 4.78 is 0. The number of hydrogen-bond donors (Lipinski definition) is 1. The summed E-state index contributed by atoms with van der Waals surface area (Å²) >= 11 is 0. The standard InChI is InChI=1S/C37H38N2O4/c1-26(40)32-17-9-15-30(21-32)24-38-34(20-19-28-11-5-3-6-12-28)36(42)35(23-29-13-7-4-8-14-29)39(37(38)43)25-31-16-10-18-33(22-31)27(2)41/h3-18,21-22,34-36,42H,19-20,23-25H2,1-2H3. The van der Waals surface area contributed by atoms with Gasteiger partial charge in [0.05, 0.1) is 18.2 Å². The normalized spacial score (nSPS) is 18.5. The molecule has 3 atom stereocenters. The van der Waals surface area contributed by atoms with Crippen LogP contribution in [0.2, 0.25) is 0 Å². The maximum atomic E-state index is 14.5. The molecule has 6 heteroatoms. The van der Waals surface area contributed by atoms with Gasteiger partial charge < -0.3 is 14.9 Å². The lowest BCUT2D eigenvalue weighted by molar-refractivity contribution is -0.0453. The number of benzene rings is 4. The fraction of sp³-hybridized carbons (Fsp3) is 0.270. The van der Waals surface area contributed by atoms with E-state index in [9.17, 15) is 19.5 Å². The maximum absolute atomic E-state index is 14.5. The third-order valence-corrected chi connectivity index (χ3v) is 8.31. The number of urea groups is 1. The Morgan fingerprint density at radius 1 is 0.628 bits per heavy atom. The smallest absolute Gasteiger partial charge is 0.321 e. The number of carbonyl (C=O) groups is 3. The minimum atomic E-state index is -0.839. The second-order valence-electron chi connectivity index (χ2n) is 11.4. The van der Waals surface area contributed by atoms with Crippen LogP contribution in [0.5, 0.6) is 0 Å². The molecule has 0 radical (unpaired) electrons. The molecular weight excluding hydrogens is 536 g/mol. The molecule has 1 aliphatic heterocycles. The lowest BCUT2D eigenvalue weighted by atomic mass is 9.88. The molecular formula is C37H38N2O4. The summed E-state index contributed by atoms with van der Waals surface area (Å²) in [6.45, 7) is 3.58. The lowest BCUT2D eigenvalue weighted by Crippen LogP contribution is -2.66. The molecule has 0 spiro atoms. The predicted molar refractivity (Wildman–Crippen MR) is 168 cm³/mol. The molecule has 4 aromatic rings. The van der Waals surface area contributed by atoms with Crippen LogP contribution in [0.4, 0.5) is 4.79 Å². The summed E-state index contributed by atoms with van der Waals surface area (Å²) in [6, 6.07) is 33.6. The second kappa shape index (κ2) is 13.6. The number of aliphatic hydroxyl groups is 1. The monoisotopic (exact) mass is 574 g/mol. The Morgan fingerprint density at radius 3 is 1.60 bits per heavy atom. The first-order valence-corrected chi connectivity index (χ1v) is 14.8. The molecule has 0 aromatic heterocycles. The predicted octanol–water partition coefficient (Wildman–Crippen LogP) is 6.50. The van der Waals surface area contributed by atoms with Gasteiger partial charge in [-0.25, -0.2) is 4.79 Å². The second-order valence-corrected chi connectivity index (χ2v) is 11.4. The molecule has 1 saturated heterocycles. The molecule has 220 valence electrons. The van der Waals surface area contributed by atoms with Crippen LogP contribution < -0.4 is 0 Å². The van der Waals surface area contributed by atoms with Gasteiger partial charge in [0.2, 0.25) is 0 Å². The van der Waals surface area contributed by atoms with Crippen LogP contribution in [-0.4, -0.2) is 50.7 Å². The molecule has 0 bridgehead atoms. The van der Waals surface area contributed by atoms with Crippen LogP contribution in [0, 0.1) is 0 Å². The van der Waals surface area contributed by atoms with Crippen LogP contribution in [0.1, 0.15) is 63.2 Å². The van der Waals surface area contributed by atoms with Gasteiger partial charge >= 0.3 is 6.03 Å². The highest BCUT2D eigenvalue weighted by atomic mass is 16.3. The summed E-state index contributed by atoms with van der Waals surface area (Å²) in [7, 11) is 0. The zero-order chi connectivity index (χ0) is 30.3. The van der Waals surface area contributed by atoms with Crippen LogP contribution in [0.25, 0.3) is 0 Å². The number of rotatable bonds is 11. The number of hydrogen-bond acceptors (Lipinski definition) is 4. The zero-order valence-electron chi connectivity index (χ0n) is 24.7. The number of aliphatic hydroxyl groups excluding tert-OH is 1. The molecule has 43 heavy (non-hydrogen) atoms. The summed E-state index contributed by atoms with van der Waals surface area (Å²) in [5, 5.41) is 12.1. The highest BCUT2D eigenvalue weighted by molar-refractivity contribution is 5.94. The van der Waals surface area contributed by atoms with E-state index in [4.69, 9.17) is 0 Å². The molecule has 1 heterocycles. The van der Waals surface area contributed by atoms with Crippen molar-refractivity contribution in [3.63, 3.8) is 0 Å². The molecule has 1 fully saturated rings. The van der Waals surface area contributed by atoms with E-state index < -0.39 is 18.2 Å². The van der Waals surface area contributed by atoms with E-state index in [1.807, 2.05) is 84.9 Å². The van der Waals surface area contributed by atoms with E-state index in [0.29, 0.717) is 30.4 Å². The van der Waals surface area contributed by atoms with Crippen LogP contribution >= 0.6 is 0 Å². The van der Waals surface area contributed by atoms with Gasteiger partial charge in [0.15, 0.2) is 11.6 Å². The number of ketones is 2. The van der Waals surface area contributed by atoms with Crippen LogP contribution in [0.3, 0.4) is 0 Å². The molecule has 1 N–H and O–H groups in total. The van der Waals surface area contributed by atoms with E-state index >= 15 is 0 Å². The third-order valence-electron chi connectivity index (χ3n) is 8.31. The van der Waals surface area contributed by atoms with E-state index in [0.717, 1.165) is 22.3 Å². The molecule has 4 aromatic carbocycles. The number of carbonyl (C=O) groups excluding carboxylic acids is 3. The van der Waals surface area contributed by atoms with Crippen LogP contribution in [-0.2, 0) is 25.9 Å². The van der Waals surface area contributed by atoms with Gasteiger partial charge in [-0.3, -0.25) is 9.59 Å². The van der Waals surface area contributed by atoms with Crippen molar-refractivity contribution in [2.45, 2.75) is 64.4 Å². The summed E-state index contributed by atoms with van der Waals surface area (Å²) in [4.78, 5) is 42.3. The molecule has 0 aliphatic carbocycles. The number of amides is 2. The van der Waals surface area contributed by atoms with Gasteiger partial charge in [-0.15, -0.1) is 0 Å². The van der Waals surface area contributed by atoms with E-state index in [2.05, 4.69) is 12.1 Å². The number of Topliss-reactive ketones (excluding diaryl/α,β-unsaturated/α-hetero) is 2. The number of aryl methyl sites for hydroxylation is 1. The number of nitrogens with zero attached hydrogens (tertiary/aromatic N) is 2. The molecule has 5 rings (SSSR count). The highest BCUT2D eigenvalue weighted by Crippen LogP contribution is 2.31. The van der Waals surface area contributed by atoms with Crippen LogP contribution in [0.15, 0.2) is 109 Å². The topological polar surface area (TPSA) is 77.9 Å². The Kier molecular flexibility index (Phi) is 9.48. The average molecular weight is 575 g/mol. The largest absolute Gasteiger partial charge is 0.389 e. The Hall–Kier alpha value is -4.55. The van der Waals surface area contributed by atoms with Crippen molar-refractivity contribution in [2.75, 3.05) is 0 Å². The van der Waals surface area contributed by atoms with Crippen molar-refractivity contribution in [3.8, 4) is 0 Å². The van der Waals surface area contributed by atoms with Gasteiger partial charge in [0, 0.05) is 24.2 Å². The first kappa shape index (κ1) is 29.9. The van der Waals surface area contributed by atoms with Crippen molar-refractivity contribution in [3.05, 3.63) is 143 Å². The van der Waals surface area contributed by atoms with Gasteiger partial charge in [0.25, 0.3) is 0 Å². The highest BCUT2D eigenvalue weighted by Gasteiger charge is 2.45. The molecule has 2 amide bonds. The summed E-state index contributed by atoms with van der Waals surface area (Å²) in [6.07, 6.45) is 0.949. The first-order chi connectivity index (χ1) is 20.8. The van der Waals surface area contributed by atoms with Gasteiger partial charge in [0.1, 0.15) is 0 Å². The zero-order valence-corrected chi connectivity index (χ0v) is 24.7. The Bertz CT molecular complexity index is 1570. The van der Waals surface area contributed by atoms with E-state index in [1.165, 1.54) is 13.8 Å². The molecule has 1 aliphatic rings. The van der Waals surface area contributed by atoms with Crippen molar-refractivity contribution in [2.24, 2.45) is 0 Å². The van der Waals surface area contributed by atoms with Gasteiger partial charge in [-0.05, 0) is 67.5 Å². The Balaban J connectivity index is 1.53. The quantitative estimate of drug-likeness (QED) is 0.207. The van der Waals surface area contributed by atoms with Gasteiger partial charge in [-0.1, -0.05) is 97.1 Å². The van der Waals surface area contributed by atoms with Crippen molar-refractivity contribution < 1.29 is 19.5 Å². The fourth-order valence-electron chi connectivity index (χ4n) is 5.99. The lowest BCUT2D eigenvalue weighted by Gasteiger charge is -2.49. The summed E-state index contributed by atoms with van der Waals surface area (Å²) in [5.74, 6) is -0.0805. The van der Waals surface area contributed by atoms with Crippen molar-refractivity contribution >= 4 is 17.6 Å². The summed E-state index contributed by atoms with van der Waals surface area (Å²) in [5.41, 5.74) is 5.00. The average Bonchev–Trinajstić information content (AvgIpc) is 3.02. The first-order valence-electron chi connectivity index (χ1n) is 14.8. The maximum Gasteiger partial charge on any atom is 0.321 e. The SMILES string of the molecule is CC(=O)c1cccc(CN2C(=O)N(Cc3cccc(C(C)=O)c3)C(Cc3ccccc3)C(O)C2CCc2ccccc2)c1. The Morgan fingerprint density at radius 2 is 1.09 bits per heavy atom. The molecule has 0 saturated carbocycles. The van der Waals surface area contributed by atoms with E-state index in [-0.39, 0.29) is 30.7 Å². The Labute approximate surface area is 253 Å². The molecule has 6 nitrogen and oxygen atoms in total. The minimum absolute atomic E-state index is 0.0395. The fourth-order valence-corrected chi connectivity index (χ4v) is 5.99.